The molecule has 0 saturated heterocycles. The third-order valence-corrected chi connectivity index (χ3v) is 3.08. The molecule has 20 heavy (non-hydrogen) atoms. The zero-order chi connectivity index (χ0) is 14.7. The summed E-state index contributed by atoms with van der Waals surface area (Å²) < 4.78 is 6.99. The van der Waals surface area contributed by atoms with E-state index in [0.29, 0.717) is 16.4 Å². The molecule has 2 aromatic rings. The molecule has 0 bridgehead atoms. The number of aromatic nitrogens is 2. The van der Waals surface area contributed by atoms with Gasteiger partial charge in [0, 0.05) is 17.9 Å². The van der Waals surface area contributed by atoms with Gasteiger partial charge < -0.3 is 10.5 Å². The van der Waals surface area contributed by atoms with Crippen molar-refractivity contribution in [3.05, 3.63) is 46.7 Å². The molecule has 0 aliphatic heterocycles. The molecule has 0 fully saturated rings. The van der Waals surface area contributed by atoms with Crippen molar-refractivity contribution >= 4 is 23.3 Å². The van der Waals surface area contributed by atoms with Crippen LogP contribution in [0.25, 0.3) is 0 Å². The Bertz CT molecular complexity index is 623. The first kappa shape index (κ1) is 14.4. The molecule has 0 amide bonds. The van der Waals surface area contributed by atoms with Crippen LogP contribution >= 0.6 is 11.6 Å². The van der Waals surface area contributed by atoms with Gasteiger partial charge >= 0.3 is 5.97 Å². The molecule has 0 aliphatic carbocycles. The zero-order valence-electron chi connectivity index (χ0n) is 11.3. The molecule has 0 spiro atoms. The Labute approximate surface area is 122 Å². The number of carbonyl (C=O) groups excluding carboxylic acids is 1. The molecule has 2 N–H and O–H groups in total. The third kappa shape index (κ3) is 3.30. The maximum absolute atomic E-state index is 11.9. The Hall–Kier alpha value is -2.01. The van der Waals surface area contributed by atoms with Crippen molar-refractivity contribution in [2.45, 2.75) is 26.5 Å². The number of nitrogens with zero attached hydrogens (tertiary/aromatic N) is 2. The smallest absolute Gasteiger partial charge is 0.340 e. The van der Waals surface area contributed by atoms with Gasteiger partial charge in [-0.25, -0.2) is 4.79 Å². The van der Waals surface area contributed by atoms with Gasteiger partial charge in [-0.1, -0.05) is 11.6 Å². The number of anilines is 1. The predicted molar refractivity (Wildman–Crippen MR) is 77.6 cm³/mol. The maximum Gasteiger partial charge on any atom is 0.340 e. The fourth-order valence-corrected chi connectivity index (χ4v) is 1.85. The molecule has 0 aliphatic rings. The van der Waals surface area contributed by atoms with Crippen LogP contribution in [0, 0.1) is 0 Å². The number of rotatable bonds is 4. The van der Waals surface area contributed by atoms with E-state index in [4.69, 9.17) is 22.1 Å². The lowest BCUT2D eigenvalue weighted by atomic mass is 10.2. The molecule has 0 atom stereocenters. The number of benzene rings is 1. The normalized spacial score (nSPS) is 10.8. The molecule has 0 radical (unpaired) electrons. The lowest BCUT2D eigenvalue weighted by molar-refractivity contribution is 0.0467. The molecule has 1 heterocycles. The summed E-state index contributed by atoms with van der Waals surface area (Å²) in [6.07, 6.45) is 1.85. The first-order valence-electron chi connectivity index (χ1n) is 6.23. The number of hydrogen-bond donors (Lipinski definition) is 1. The number of nitrogens with two attached hydrogens (primary N) is 1. The van der Waals surface area contributed by atoms with E-state index in [1.807, 2.05) is 26.1 Å². The van der Waals surface area contributed by atoms with Crippen LogP contribution in [-0.2, 0) is 11.3 Å². The molecule has 0 saturated carbocycles. The summed E-state index contributed by atoms with van der Waals surface area (Å²) in [6.45, 7) is 4.15. The molecule has 1 aromatic heterocycles. The number of nitrogen functional groups attached to an aromatic ring is 1. The van der Waals surface area contributed by atoms with Crippen molar-refractivity contribution in [3.8, 4) is 0 Å². The van der Waals surface area contributed by atoms with Gasteiger partial charge in [-0.2, -0.15) is 5.10 Å². The van der Waals surface area contributed by atoms with Gasteiger partial charge in [-0.15, -0.1) is 0 Å². The minimum atomic E-state index is -0.513. The summed E-state index contributed by atoms with van der Waals surface area (Å²) in [6, 6.07) is 6.78. The van der Waals surface area contributed by atoms with Crippen molar-refractivity contribution in [2.75, 3.05) is 5.73 Å². The van der Waals surface area contributed by atoms with Crippen molar-refractivity contribution in [3.63, 3.8) is 0 Å². The number of ether oxygens (including phenoxy) is 1. The summed E-state index contributed by atoms with van der Waals surface area (Å²) in [5.41, 5.74) is 7.04. The van der Waals surface area contributed by atoms with Crippen LogP contribution in [0.3, 0.4) is 0 Å². The molecular formula is C14H16ClN3O2. The number of hydrogen-bond acceptors (Lipinski definition) is 4. The van der Waals surface area contributed by atoms with E-state index in [-0.39, 0.29) is 18.2 Å². The van der Waals surface area contributed by atoms with Gasteiger partial charge in [0.15, 0.2) is 0 Å². The largest absolute Gasteiger partial charge is 0.455 e. The maximum atomic E-state index is 11.9. The average Bonchev–Trinajstić information content (AvgIpc) is 2.88. The lowest BCUT2D eigenvalue weighted by Crippen LogP contribution is -2.08. The van der Waals surface area contributed by atoms with Gasteiger partial charge in [0.2, 0.25) is 0 Å². The number of esters is 1. The van der Waals surface area contributed by atoms with Crippen LogP contribution < -0.4 is 5.73 Å². The van der Waals surface area contributed by atoms with Crippen LogP contribution in [0.2, 0.25) is 5.02 Å². The van der Waals surface area contributed by atoms with Crippen molar-refractivity contribution in [1.82, 2.24) is 9.78 Å². The van der Waals surface area contributed by atoms with E-state index < -0.39 is 5.97 Å². The summed E-state index contributed by atoms with van der Waals surface area (Å²) in [4.78, 5) is 11.9. The highest BCUT2D eigenvalue weighted by molar-refractivity contribution is 6.33. The summed E-state index contributed by atoms with van der Waals surface area (Å²) in [7, 11) is 0. The zero-order valence-corrected chi connectivity index (χ0v) is 12.1. The molecule has 0 unspecified atom stereocenters. The first-order chi connectivity index (χ1) is 9.47. The van der Waals surface area contributed by atoms with E-state index in [1.165, 1.54) is 6.07 Å². The van der Waals surface area contributed by atoms with E-state index in [9.17, 15) is 4.79 Å². The monoisotopic (exact) mass is 293 g/mol. The Morgan fingerprint density at radius 2 is 2.20 bits per heavy atom. The number of carbonyl (C=O) groups is 1. The van der Waals surface area contributed by atoms with E-state index in [1.54, 1.807) is 16.8 Å². The van der Waals surface area contributed by atoms with Crippen LogP contribution in [0.5, 0.6) is 0 Å². The van der Waals surface area contributed by atoms with E-state index in [2.05, 4.69) is 5.10 Å². The Morgan fingerprint density at radius 1 is 1.45 bits per heavy atom. The second-order valence-corrected chi connectivity index (χ2v) is 5.10. The van der Waals surface area contributed by atoms with Crippen LogP contribution in [-0.4, -0.2) is 15.7 Å². The van der Waals surface area contributed by atoms with Gasteiger partial charge in [0.25, 0.3) is 0 Å². The van der Waals surface area contributed by atoms with Crippen molar-refractivity contribution in [2.24, 2.45) is 0 Å². The number of halogens is 1. The lowest BCUT2D eigenvalue weighted by Gasteiger charge is -2.06. The predicted octanol–water partition coefficient (Wildman–Crippen LogP) is 3.06. The molecule has 5 nitrogen and oxygen atoms in total. The average molecular weight is 294 g/mol. The van der Waals surface area contributed by atoms with Crippen LogP contribution in [0.4, 0.5) is 5.69 Å². The second-order valence-electron chi connectivity index (χ2n) is 4.70. The highest BCUT2D eigenvalue weighted by atomic mass is 35.5. The summed E-state index contributed by atoms with van der Waals surface area (Å²) in [5.74, 6) is -0.513. The summed E-state index contributed by atoms with van der Waals surface area (Å²) in [5, 5.41) is 4.61. The van der Waals surface area contributed by atoms with Crippen molar-refractivity contribution < 1.29 is 9.53 Å². The fourth-order valence-electron chi connectivity index (χ4n) is 1.66. The topological polar surface area (TPSA) is 70.1 Å². The minimum absolute atomic E-state index is 0.101. The van der Waals surface area contributed by atoms with Crippen molar-refractivity contribution in [1.29, 1.82) is 0 Å². The van der Waals surface area contributed by atoms with E-state index >= 15 is 0 Å². The molecule has 2 rings (SSSR count). The second kappa shape index (κ2) is 5.96. The van der Waals surface area contributed by atoms with Gasteiger partial charge in [0.05, 0.1) is 16.3 Å². The highest BCUT2D eigenvalue weighted by Gasteiger charge is 2.13. The van der Waals surface area contributed by atoms with Crippen LogP contribution in [0.1, 0.15) is 35.9 Å². The standard InChI is InChI=1S/C14H16ClN3O2/c1-9(2)18-6-5-11(17-18)8-20-14(19)12-7-10(16)3-4-13(12)15/h3-7,9H,8,16H2,1-2H3. The molecular weight excluding hydrogens is 278 g/mol. The Kier molecular flexibility index (Phi) is 4.29. The first-order valence-corrected chi connectivity index (χ1v) is 6.61. The Morgan fingerprint density at radius 3 is 2.85 bits per heavy atom. The molecule has 1 aromatic carbocycles. The third-order valence-electron chi connectivity index (χ3n) is 2.75. The van der Waals surface area contributed by atoms with Crippen LogP contribution in [0.15, 0.2) is 30.5 Å². The Balaban J connectivity index is 2.02. The molecule has 6 heteroatoms. The highest BCUT2D eigenvalue weighted by Crippen LogP contribution is 2.20. The van der Waals surface area contributed by atoms with Gasteiger partial charge in [-0.3, -0.25) is 4.68 Å². The quantitative estimate of drug-likeness (QED) is 0.695. The minimum Gasteiger partial charge on any atom is -0.455 e. The van der Waals surface area contributed by atoms with Gasteiger partial charge in [-0.05, 0) is 38.1 Å². The summed E-state index contributed by atoms with van der Waals surface area (Å²) >= 11 is 5.94. The van der Waals surface area contributed by atoms with E-state index in [0.717, 1.165) is 0 Å². The molecule has 106 valence electrons. The van der Waals surface area contributed by atoms with Gasteiger partial charge in [0.1, 0.15) is 6.61 Å². The SMILES string of the molecule is CC(C)n1ccc(COC(=O)c2cc(N)ccc2Cl)n1. The fraction of sp³-hybridized carbons (Fsp3) is 0.286.